The summed E-state index contributed by atoms with van der Waals surface area (Å²) in [5.41, 5.74) is 0.575. The van der Waals surface area contributed by atoms with Crippen molar-refractivity contribution in [3.05, 3.63) is 23.0 Å². The van der Waals surface area contributed by atoms with Gasteiger partial charge in [-0.2, -0.15) is 0 Å². The number of amides is 1. The number of aromatic nitrogens is 4. The van der Waals surface area contributed by atoms with Gasteiger partial charge in [-0.1, -0.05) is 5.21 Å². The van der Waals surface area contributed by atoms with Gasteiger partial charge in [0, 0.05) is 25.4 Å². The van der Waals surface area contributed by atoms with Crippen LogP contribution < -0.4 is 10.6 Å². The fourth-order valence-corrected chi connectivity index (χ4v) is 2.42. The van der Waals surface area contributed by atoms with Gasteiger partial charge in [-0.05, 0) is 0 Å². The Balaban J connectivity index is 1.68. The van der Waals surface area contributed by atoms with Gasteiger partial charge in [0.05, 0.1) is 12.2 Å². The van der Waals surface area contributed by atoms with Gasteiger partial charge in [0.15, 0.2) is 16.6 Å². The molecule has 0 atom stereocenters. The molecule has 0 unspecified atom stereocenters. The Hall–Kier alpha value is -2.13. The van der Waals surface area contributed by atoms with E-state index in [4.69, 9.17) is 0 Å². The Kier molecular flexibility index (Phi) is 3.28. The second-order valence-corrected chi connectivity index (χ2v) is 5.30. The quantitative estimate of drug-likeness (QED) is 0.788. The van der Waals surface area contributed by atoms with Crippen molar-refractivity contribution in [1.29, 1.82) is 0 Å². The lowest BCUT2D eigenvalue weighted by Gasteiger charge is -2.26. The number of nitrogens with one attached hydrogen (secondary N) is 2. The first-order valence-electron chi connectivity index (χ1n) is 6.04. The summed E-state index contributed by atoms with van der Waals surface area (Å²) in [5.74, 6) is -0.516. The molecule has 0 saturated carbocycles. The topological polar surface area (TPSA) is 102 Å². The molecule has 2 aromatic rings. The fraction of sp³-hybridized carbons (Fsp3) is 0.364. The summed E-state index contributed by atoms with van der Waals surface area (Å²) < 4.78 is 1.67. The second-order valence-electron chi connectivity index (χ2n) is 4.44. The van der Waals surface area contributed by atoms with E-state index in [1.165, 1.54) is 18.3 Å². The van der Waals surface area contributed by atoms with Crippen molar-refractivity contribution in [2.45, 2.75) is 13.0 Å². The zero-order valence-electron chi connectivity index (χ0n) is 10.7. The summed E-state index contributed by atoms with van der Waals surface area (Å²) >= 11 is 1.20. The summed E-state index contributed by atoms with van der Waals surface area (Å²) in [6, 6.07) is 0.258. The molecule has 0 spiro atoms. The molecule has 104 valence electrons. The number of ketones is 1. The van der Waals surface area contributed by atoms with Gasteiger partial charge < -0.3 is 5.32 Å². The van der Waals surface area contributed by atoms with Crippen LogP contribution in [0.2, 0.25) is 0 Å². The van der Waals surface area contributed by atoms with Crippen LogP contribution in [-0.2, 0) is 0 Å². The molecule has 1 amide bonds. The molecule has 0 radical (unpaired) electrons. The summed E-state index contributed by atoms with van der Waals surface area (Å²) in [6.45, 7) is 3.09. The van der Waals surface area contributed by atoms with Crippen molar-refractivity contribution in [2.24, 2.45) is 0 Å². The standard InChI is InChI=1S/C11H12N6O2S/c1-6(18)9-5-20-11(13-9)14-10(19)8-4-17(16-15-8)7-2-12-3-7/h4-5,7,12H,2-3H2,1H3,(H,13,14,19). The van der Waals surface area contributed by atoms with Crippen LogP contribution in [0.4, 0.5) is 5.13 Å². The summed E-state index contributed by atoms with van der Waals surface area (Å²) in [7, 11) is 0. The highest BCUT2D eigenvalue weighted by Crippen LogP contribution is 2.17. The van der Waals surface area contributed by atoms with E-state index in [9.17, 15) is 9.59 Å². The molecule has 0 aromatic carbocycles. The van der Waals surface area contributed by atoms with Gasteiger partial charge in [0.1, 0.15) is 5.69 Å². The third kappa shape index (κ3) is 2.45. The SMILES string of the molecule is CC(=O)c1csc(NC(=O)c2cn(C3CNC3)nn2)n1. The number of nitrogens with zero attached hydrogens (tertiary/aromatic N) is 4. The minimum Gasteiger partial charge on any atom is -0.312 e. The largest absolute Gasteiger partial charge is 0.312 e. The number of carbonyl (C=O) groups is 2. The molecule has 2 aromatic heterocycles. The normalized spacial score (nSPS) is 14.8. The average molecular weight is 292 g/mol. The monoisotopic (exact) mass is 292 g/mol. The van der Waals surface area contributed by atoms with Crippen LogP contribution in [0.5, 0.6) is 0 Å². The van der Waals surface area contributed by atoms with E-state index < -0.39 is 0 Å². The lowest BCUT2D eigenvalue weighted by molar-refractivity contribution is 0.100. The molecule has 2 N–H and O–H groups in total. The van der Waals surface area contributed by atoms with Gasteiger partial charge in [0.2, 0.25) is 0 Å². The third-order valence-corrected chi connectivity index (χ3v) is 3.72. The van der Waals surface area contributed by atoms with E-state index >= 15 is 0 Å². The predicted octanol–water partition coefficient (Wildman–Crippen LogP) is 0.334. The van der Waals surface area contributed by atoms with Crippen LogP contribution >= 0.6 is 11.3 Å². The molecule has 1 fully saturated rings. The molecular formula is C11H12N6O2S. The van der Waals surface area contributed by atoms with Crippen LogP contribution in [0.1, 0.15) is 33.9 Å². The molecule has 9 heteroatoms. The molecule has 1 saturated heterocycles. The molecular weight excluding hydrogens is 280 g/mol. The zero-order chi connectivity index (χ0) is 14.1. The Labute approximate surface area is 118 Å². The molecule has 20 heavy (non-hydrogen) atoms. The van der Waals surface area contributed by atoms with Crippen LogP contribution in [0, 0.1) is 0 Å². The highest BCUT2D eigenvalue weighted by Gasteiger charge is 2.22. The lowest BCUT2D eigenvalue weighted by Crippen LogP contribution is -2.43. The number of Topliss-reactive ketones (excluding diaryl/α,β-unsaturated/α-hetero) is 1. The van der Waals surface area contributed by atoms with Crippen LogP contribution in [0.25, 0.3) is 0 Å². The first kappa shape index (κ1) is 12.9. The molecule has 3 rings (SSSR count). The first-order valence-corrected chi connectivity index (χ1v) is 6.92. The smallest absolute Gasteiger partial charge is 0.279 e. The van der Waals surface area contributed by atoms with Crippen molar-refractivity contribution in [3.63, 3.8) is 0 Å². The van der Waals surface area contributed by atoms with Crippen molar-refractivity contribution >= 4 is 28.2 Å². The predicted molar refractivity (Wildman–Crippen MR) is 72.0 cm³/mol. The van der Waals surface area contributed by atoms with Gasteiger partial charge in [-0.25, -0.2) is 9.67 Å². The first-order chi connectivity index (χ1) is 9.63. The fourth-order valence-electron chi connectivity index (χ4n) is 1.67. The summed E-state index contributed by atoms with van der Waals surface area (Å²) in [4.78, 5) is 27.1. The highest BCUT2D eigenvalue weighted by atomic mass is 32.1. The number of carbonyl (C=O) groups excluding carboxylic acids is 2. The zero-order valence-corrected chi connectivity index (χ0v) is 11.5. The Morgan fingerprint density at radius 1 is 1.45 bits per heavy atom. The van der Waals surface area contributed by atoms with E-state index in [1.807, 2.05) is 0 Å². The average Bonchev–Trinajstić information content (AvgIpc) is 2.95. The number of rotatable bonds is 4. The molecule has 0 bridgehead atoms. The molecule has 0 aliphatic carbocycles. The van der Waals surface area contributed by atoms with Crippen LogP contribution in [0.15, 0.2) is 11.6 Å². The van der Waals surface area contributed by atoms with Gasteiger partial charge in [-0.15, -0.1) is 16.4 Å². The number of hydrogen-bond acceptors (Lipinski definition) is 7. The summed E-state index contributed by atoms with van der Waals surface area (Å²) in [5, 5.41) is 15.5. The minimum absolute atomic E-state index is 0.134. The van der Waals surface area contributed by atoms with Crippen molar-refractivity contribution in [3.8, 4) is 0 Å². The van der Waals surface area contributed by atoms with Gasteiger partial charge in [-0.3, -0.25) is 14.9 Å². The van der Waals surface area contributed by atoms with E-state index in [1.54, 1.807) is 16.3 Å². The van der Waals surface area contributed by atoms with E-state index in [0.29, 0.717) is 10.8 Å². The molecule has 1 aliphatic rings. The van der Waals surface area contributed by atoms with Gasteiger partial charge >= 0.3 is 0 Å². The number of thiazole rings is 1. The van der Waals surface area contributed by atoms with E-state index in [0.717, 1.165) is 13.1 Å². The van der Waals surface area contributed by atoms with Crippen LogP contribution in [-0.4, -0.2) is 44.8 Å². The van der Waals surface area contributed by atoms with Crippen molar-refractivity contribution in [1.82, 2.24) is 25.3 Å². The van der Waals surface area contributed by atoms with Crippen molar-refractivity contribution in [2.75, 3.05) is 18.4 Å². The Morgan fingerprint density at radius 2 is 2.25 bits per heavy atom. The third-order valence-electron chi connectivity index (χ3n) is 2.96. The number of hydrogen-bond donors (Lipinski definition) is 2. The Morgan fingerprint density at radius 3 is 2.85 bits per heavy atom. The maximum atomic E-state index is 12.0. The summed E-state index contributed by atoms with van der Waals surface area (Å²) in [6.07, 6.45) is 1.61. The molecule has 3 heterocycles. The second kappa shape index (κ2) is 5.10. The highest BCUT2D eigenvalue weighted by molar-refractivity contribution is 7.14. The van der Waals surface area contributed by atoms with Gasteiger partial charge in [0.25, 0.3) is 5.91 Å². The maximum absolute atomic E-state index is 12.0. The number of anilines is 1. The maximum Gasteiger partial charge on any atom is 0.279 e. The molecule has 1 aliphatic heterocycles. The lowest BCUT2D eigenvalue weighted by atomic mass is 10.2. The van der Waals surface area contributed by atoms with E-state index in [-0.39, 0.29) is 23.4 Å². The Bertz CT molecular complexity index is 659. The van der Waals surface area contributed by atoms with Crippen molar-refractivity contribution < 1.29 is 9.59 Å². The van der Waals surface area contributed by atoms with Crippen LogP contribution in [0.3, 0.4) is 0 Å². The van der Waals surface area contributed by atoms with E-state index in [2.05, 4.69) is 25.9 Å². The minimum atomic E-state index is -0.381. The molecule has 8 nitrogen and oxygen atoms in total.